The summed E-state index contributed by atoms with van der Waals surface area (Å²) < 4.78 is 0. The van der Waals surface area contributed by atoms with Gasteiger partial charge in [-0.3, -0.25) is 0 Å². The summed E-state index contributed by atoms with van der Waals surface area (Å²) in [6.45, 7) is 7.20. The fraction of sp³-hybridized carbons (Fsp3) is 0.545. The summed E-state index contributed by atoms with van der Waals surface area (Å²) in [5, 5.41) is 14.0. The molecule has 0 aliphatic rings. The van der Waals surface area contributed by atoms with Gasteiger partial charge in [-0.05, 0) is 33.8 Å². The largest absolute Gasteiger partial charge is 0.388 e. The second-order valence-corrected chi connectivity index (χ2v) is 5.64. The first-order chi connectivity index (χ1) is 7.13. The van der Waals surface area contributed by atoms with Gasteiger partial charge in [0.15, 0.2) is 0 Å². The van der Waals surface area contributed by atoms with Crippen molar-refractivity contribution in [2.45, 2.75) is 38.8 Å². The summed E-state index contributed by atoms with van der Waals surface area (Å²) in [5.74, 6) is 0.512. The first-order valence-electron chi connectivity index (χ1n) is 4.95. The zero-order chi connectivity index (χ0) is 12.6. The number of anilines is 1. The first-order valence-corrected chi connectivity index (χ1v) is 5.71. The second-order valence-electron chi connectivity index (χ2n) is 4.79. The van der Waals surface area contributed by atoms with E-state index in [1.165, 1.54) is 6.20 Å². The van der Waals surface area contributed by atoms with Crippen molar-refractivity contribution < 1.29 is 5.11 Å². The van der Waals surface area contributed by atoms with E-state index in [0.29, 0.717) is 15.9 Å². The van der Waals surface area contributed by atoms with Gasteiger partial charge in [0.05, 0.1) is 21.2 Å². The van der Waals surface area contributed by atoms with E-state index in [1.54, 1.807) is 19.9 Å². The van der Waals surface area contributed by atoms with Gasteiger partial charge in [-0.15, -0.1) is 0 Å². The number of rotatable bonds is 3. The molecule has 1 aromatic rings. The SMILES string of the molecule is CC(C)(O)C(C)(C)Nc1ncc(Cl)cc1Cl. The zero-order valence-corrected chi connectivity index (χ0v) is 11.3. The molecular formula is C11H16Cl2N2O. The number of hydrogen-bond acceptors (Lipinski definition) is 3. The highest BCUT2D eigenvalue weighted by atomic mass is 35.5. The Balaban J connectivity index is 2.97. The maximum atomic E-state index is 9.99. The molecule has 1 aromatic heterocycles. The van der Waals surface area contributed by atoms with Gasteiger partial charge < -0.3 is 10.4 Å². The average molecular weight is 263 g/mol. The van der Waals surface area contributed by atoms with Gasteiger partial charge in [0.2, 0.25) is 0 Å². The lowest BCUT2D eigenvalue weighted by molar-refractivity contribution is 0.0239. The van der Waals surface area contributed by atoms with Crippen LogP contribution in [0.2, 0.25) is 10.0 Å². The Morgan fingerprint density at radius 1 is 1.25 bits per heavy atom. The van der Waals surface area contributed by atoms with Gasteiger partial charge in [-0.2, -0.15) is 0 Å². The van der Waals surface area contributed by atoms with Crippen molar-refractivity contribution in [1.29, 1.82) is 0 Å². The van der Waals surface area contributed by atoms with E-state index in [1.807, 2.05) is 13.8 Å². The number of halogens is 2. The molecule has 16 heavy (non-hydrogen) atoms. The molecule has 90 valence electrons. The van der Waals surface area contributed by atoms with Gasteiger partial charge >= 0.3 is 0 Å². The van der Waals surface area contributed by atoms with E-state index >= 15 is 0 Å². The Bertz CT molecular complexity index is 386. The lowest BCUT2D eigenvalue weighted by Gasteiger charge is -2.38. The van der Waals surface area contributed by atoms with E-state index in [2.05, 4.69) is 10.3 Å². The van der Waals surface area contributed by atoms with Crippen LogP contribution in [0, 0.1) is 0 Å². The van der Waals surface area contributed by atoms with Gasteiger partial charge in [0, 0.05) is 6.20 Å². The van der Waals surface area contributed by atoms with Crippen LogP contribution in [0.15, 0.2) is 12.3 Å². The van der Waals surface area contributed by atoms with Crippen molar-refractivity contribution in [1.82, 2.24) is 4.98 Å². The molecule has 0 radical (unpaired) electrons. The fourth-order valence-corrected chi connectivity index (χ4v) is 1.38. The molecule has 5 heteroatoms. The lowest BCUT2D eigenvalue weighted by atomic mass is 9.86. The predicted octanol–water partition coefficient (Wildman–Crippen LogP) is 3.35. The van der Waals surface area contributed by atoms with Gasteiger partial charge in [0.1, 0.15) is 5.82 Å². The topological polar surface area (TPSA) is 45.1 Å². The monoisotopic (exact) mass is 262 g/mol. The summed E-state index contributed by atoms with van der Waals surface area (Å²) in [5.41, 5.74) is -1.46. The molecule has 0 spiro atoms. The molecule has 0 saturated carbocycles. The normalized spacial score (nSPS) is 12.7. The summed E-state index contributed by atoms with van der Waals surface area (Å²) >= 11 is 11.7. The smallest absolute Gasteiger partial charge is 0.145 e. The molecule has 0 bridgehead atoms. The highest BCUT2D eigenvalue weighted by Crippen LogP contribution is 2.29. The minimum Gasteiger partial charge on any atom is -0.388 e. The molecule has 0 atom stereocenters. The van der Waals surface area contributed by atoms with Crippen molar-refractivity contribution in [2.75, 3.05) is 5.32 Å². The number of nitrogens with zero attached hydrogens (tertiary/aromatic N) is 1. The number of hydrogen-bond donors (Lipinski definition) is 2. The van der Waals surface area contributed by atoms with Crippen LogP contribution in [0.1, 0.15) is 27.7 Å². The van der Waals surface area contributed by atoms with Crippen LogP contribution < -0.4 is 5.32 Å². The summed E-state index contributed by atoms with van der Waals surface area (Å²) in [6.07, 6.45) is 1.51. The summed E-state index contributed by atoms with van der Waals surface area (Å²) in [6, 6.07) is 1.61. The summed E-state index contributed by atoms with van der Waals surface area (Å²) in [4.78, 5) is 4.09. The van der Waals surface area contributed by atoms with Gasteiger partial charge in [0.25, 0.3) is 0 Å². The number of aromatic nitrogens is 1. The van der Waals surface area contributed by atoms with E-state index < -0.39 is 11.1 Å². The zero-order valence-electron chi connectivity index (χ0n) is 9.81. The molecule has 0 aliphatic carbocycles. The Kier molecular flexibility index (Phi) is 3.72. The average Bonchev–Trinajstić information content (AvgIpc) is 2.08. The highest BCUT2D eigenvalue weighted by molar-refractivity contribution is 6.35. The fourth-order valence-electron chi connectivity index (χ4n) is 0.956. The van der Waals surface area contributed by atoms with Crippen LogP contribution in [-0.2, 0) is 0 Å². The number of nitrogens with one attached hydrogen (secondary N) is 1. The molecule has 1 heterocycles. The van der Waals surface area contributed by atoms with Crippen LogP contribution in [0.3, 0.4) is 0 Å². The van der Waals surface area contributed by atoms with Crippen molar-refractivity contribution in [3.8, 4) is 0 Å². The quantitative estimate of drug-likeness (QED) is 0.879. The minimum absolute atomic E-state index is 0.435. The van der Waals surface area contributed by atoms with Crippen molar-refractivity contribution >= 4 is 29.0 Å². The molecule has 3 nitrogen and oxygen atoms in total. The van der Waals surface area contributed by atoms with Crippen molar-refractivity contribution in [3.63, 3.8) is 0 Å². The van der Waals surface area contributed by atoms with E-state index in [0.717, 1.165) is 0 Å². The molecule has 2 N–H and O–H groups in total. The predicted molar refractivity (Wildman–Crippen MR) is 68.3 cm³/mol. The molecule has 0 unspecified atom stereocenters. The van der Waals surface area contributed by atoms with Crippen LogP contribution in [0.5, 0.6) is 0 Å². The number of aliphatic hydroxyl groups is 1. The molecule has 0 amide bonds. The van der Waals surface area contributed by atoms with Crippen LogP contribution in [-0.4, -0.2) is 21.2 Å². The third-order valence-electron chi connectivity index (χ3n) is 2.77. The third kappa shape index (κ3) is 3.00. The third-order valence-corrected chi connectivity index (χ3v) is 3.26. The standard InChI is InChI=1S/C11H16Cl2N2O/c1-10(2,11(3,4)16)15-9-8(13)5-7(12)6-14-9/h5-6,16H,1-4H3,(H,14,15). The van der Waals surface area contributed by atoms with E-state index in [-0.39, 0.29) is 0 Å². The lowest BCUT2D eigenvalue weighted by Crippen LogP contribution is -2.51. The van der Waals surface area contributed by atoms with Gasteiger partial charge in [-0.1, -0.05) is 23.2 Å². The van der Waals surface area contributed by atoms with Gasteiger partial charge in [-0.25, -0.2) is 4.98 Å². The first kappa shape index (κ1) is 13.6. The maximum absolute atomic E-state index is 9.99. The minimum atomic E-state index is -0.905. The van der Waals surface area contributed by atoms with E-state index in [9.17, 15) is 5.11 Å². The van der Waals surface area contributed by atoms with Crippen LogP contribution in [0.4, 0.5) is 5.82 Å². The molecule has 0 fully saturated rings. The maximum Gasteiger partial charge on any atom is 0.145 e. The Morgan fingerprint density at radius 2 is 1.81 bits per heavy atom. The summed E-state index contributed by atoms with van der Waals surface area (Å²) in [7, 11) is 0. The molecule has 0 aliphatic heterocycles. The van der Waals surface area contributed by atoms with Crippen LogP contribution in [0.25, 0.3) is 0 Å². The molecular weight excluding hydrogens is 247 g/mol. The van der Waals surface area contributed by atoms with Crippen LogP contribution >= 0.6 is 23.2 Å². The van der Waals surface area contributed by atoms with Crippen molar-refractivity contribution in [3.05, 3.63) is 22.3 Å². The Morgan fingerprint density at radius 3 is 2.25 bits per heavy atom. The highest BCUT2D eigenvalue weighted by Gasteiger charge is 2.35. The van der Waals surface area contributed by atoms with E-state index in [4.69, 9.17) is 23.2 Å². The molecule has 1 rings (SSSR count). The molecule has 0 saturated heterocycles. The Labute approximate surface area is 106 Å². The second kappa shape index (κ2) is 4.40. The molecule has 0 aromatic carbocycles. The number of pyridine rings is 1. The van der Waals surface area contributed by atoms with Crippen molar-refractivity contribution in [2.24, 2.45) is 0 Å². The Hall–Kier alpha value is -0.510.